The number of hydrogen-bond acceptors (Lipinski definition) is 8. The Morgan fingerprint density at radius 3 is 2.62 bits per heavy atom. The molecule has 2 aliphatic rings. The van der Waals surface area contributed by atoms with E-state index in [1.807, 2.05) is 38.1 Å². The largest absolute Gasteiger partial charge is 0.340 e. The molecule has 2 aliphatic heterocycles. The third kappa shape index (κ3) is 5.11. The maximum absolute atomic E-state index is 13.7. The van der Waals surface area contributed by atoms with Crippen LogP contribution in [0.5, 0.6) is 0 Å². The van der Waals surface area contributed by atoms with Gasteiger partial charge < -0.3 is 10.2 Å². The molecule has 0 saturated carbocycles. The molecule has 0 aliphatic carbocycles. The smallest absolute Gasteiger partial charge is 0.293 e. The lowest BCUT2D eigenvalue weighted by atomic mass is 10.0. The van der Waals surface area contributed by atoms with Crippen LogP contribution in [0, 0.1) is 5.92 Å². The second-order valence-electron chi connectivity index (χ2n) is 10.2. The van der Waals surface area contributed by atoms with Gasteiger partial charge in [-0.3, -0.25) is 24.2 Å². The number of benzene rings is 1. The summed E-state index contributed by atoms with van der Waals surface area (Å²) in [5.41, 5.74) is -0.0970. The zero-order chi connectivity index (χ0) is 27.9. The Labute approximate surface area is 230 Å². The van der Waals surface area contributed by atoms with Gasteiger partial charge in [-0.2, -0.15) is 4.31 Å². The van der Waals surface area contributed by atoms with E-state index in [1.54, 1.807) is 6.07 Å². The number of sulfonamides is 1. The van der Waals surface area contributed by atoms with Crippen LogP contribution in [0.4, 0.5) is 0 Å². The fraction of sp³-hybridized carbons (Fsp3) is 0.370. The first-order chi connectivity index (χ1) is 18.6. The minimum absolute atomic E-state index is 0.0633. The lowest BCUT2D eigenvalue weighted by Gasteiger charge is -2.29. The number of aromatic nitrogens is 1. The third-order valence-corrected chi connectivity index (χ3v) is 9.90. The van der Waals surface area contributed by atoms with E-state index in [2.05, 4.69) is 10.3 Å². The van der Waals surface area contributed by atoms with E-state index in [9.17, 15) is 27.6 Å². The van der Waals surface area contributed by atoms with Crippen LogP contribution in [-0.4, -0.2) is 76.5 Å². The first-order valence-corrected chi connectivity index (χ1v) is 14.9. The molecule has 1 N–H and O–H groups in total. The Bertz CT molecular complexity index is 1520. The van der Waals surface area contributed by atoms with E-state index in [4.69, 9.17) is 0 Å². The van der Waals surface area contributed by atoms with Gasteiger partial charge in [-0.25, -0.2) is 8.42 Å². The summed E-state index contributed by atoms with van der Waals surface area (Å²) in [7, 11) is -4.51. The van der Waals surface area contributed by atoms with Gasteiger partial charge in [0.2, 0.25) is 5.91 Å². The van der Waals surface area contributed by atoms with Crippen LogP contribution in [0.3, 0.4) is 0 Å². The molecule has 2 fully saturated rings. The molecule has 3 atom stereocenters. The van der Waals surface area contributed by atoms with Crippen LogP contribution in [0.25, 0.3) is 10.1 Å². The molecule has 0 bridgehead atoms. The summed E-state index contributed by atoms with van der Waals surface area (Å²) in [5.74, 6) is -1.20. The van der Waals surface area contributed by atoms with Gasteiger partial charge >= 0.3 is 0 Å². The number of hydrogen-bond donors (Lipinski definition) is 1. The Balaban J connectivity index is 1.35. The zero-order valence-corrected chi connectivity index (χ0v) is 23.1. The number of thiophene rings is 1. The number of fused-ring (bicyclic) bond motifs is 2. The molecule has 3 aromatic rings. The molecule has 2 amide bonds. The van der Waals surface area contributed by atoms with Crippen molar-refractivity contribution in [2.45, 2.75) is 44.8 Å². The lowest BCUT2D eigenvalue weighted by Crippen LogP contribution is -2.53. The number of likely N-dealkylation sites (tertiary alicyclic amines) is 1. The summed E-state index contributed by atoms with van der Waals surface area (Å²) in [6.45, 7) is 3.51. The summed E-state index contributed by atoms with van der Waals surface area (Å²) < 4.78 is 28.2. The molecular formula is C27H28N4O6S2. The molecule has 0 spiro atoms. The van der Waals surface area contributed by atoms with E-state index in [0.29, 0.717) is 11.3 Å². The Kier molecular flexibility index (Phi) is 7.36. The molecule has 39 heavy (non-hydrogen) atoms. The van der Waals surface area contributed by atoms with E-state index in [-0.39, 0.29) is 30.4 Å². The minimum Gasteiger partial charge on any atom is -0.340 e. The first kappa shape index (κ1) is 27.1. The lowest BCUT2D eigenvalue weighted by molar-refractivity contribution is -0.138. The van der Waals surface area contributed by atoms with Gasteiger partial charge in [-0.05, 0) is 48.4 Å². The average molecular weight is 569 g/mol. The molecule has 1 aromatic carbocycles. The molecule has 2 saturated heterocycles. The highest BCUT2D eigenvalue weighted by atomic mass is 32.2. The van der Waals surface area contributed by atoms with E-state index in [0.717, 1.165) is 20.6 Å². The Morgan fingerprint density at radius 2 is 1.92 bits per heavy atom. The van der Waals surface area contributed by atoms with Crippen molar-refractivity contribution in [2.75, 3.05) is 13.1 Å². The summed E-state index contributed by atoms with van der Waals surface area (Å²) in [6.07, 6.45) is 3.14. The van der Waals surface area contributed by atoms with E-state index in [1.165, 1.54) is 34.6 Å². The highest BCUT2D eigenvalue weighted by Gasteiger charge is 2.55. The molecule has 12 heteroatoms. The van der Waals surface area contributed by atoms with E-state index >= 15 is 0 Å². The molecule has 10 nitrogen and oxygen atoms in total. The highest BCUT2D eigenvalue weighted by molar-refractivity contribution is 8.04. The number of rotatable bonds is 7. The summed E-state index contributed by atoms with van der Waals surface area (Å²) in [6, 6.07) is 9.45. The van der Waals surface area contributed by atoms with Crippen molar-refractivity contribution in [2.24, 2.45) is 5.92 Å². The van der Waals surface area contributed by atoms with Crippen LogP contribution in [-0.2, 0) is 19.6 Å². The number of ketones is 1. The Morgan fingerprint density at radius 1 is 1.15 bits per heavy atom. The van der Waals surface area contributed by atoms with Crippen molar-refractivity contribution < 1.29 is 27.6 Å². The predicted molar refractivity (Wildman–Crippen MR) is 146 cm³/mol. The van der Waals surface area contributed by atoms with Crippen LogP contribution >= 0.6 is 11.3 Å². The normalized spacial score (nSPS) is 20.4. The van der Waals surface area contributed by atoms with Crippen LogP contribution in [0.2, 0.25) is 0 Å². The minimum atomic E-state index is -4.51. The number of carbonyl (C=O) groups excluding carboxylic acids is 4. The standard InChI is InChI=1S/C27H28N4O6S2/c1-16(2)12-19(29-25(33)23-13-17-6-3-4-8-22(17)38-23)26(34)30-11-9-20-24(30)21(32)15-31(20)39(36,37)27(35)18-7-5-10-28-14-18/h3-8,10,13-14,16,19-20,24H,9,11-12,15H2,1-2H3,(H,29,33). The number of nitrogens with zero attached hydrogens (tertiary/aromatic N) is 3. The SMILES string of the molecule is CC(C)CC(NC(=O)c1cc2ccccc2s1)C(=O)N1CCC2C1C(=O)CN2S(=O)(=O)C(=O)c1cccnc1. The quantitative estimate of drug-likeness (QED) is 0.463. The predicted octanol–water partition coefficient (Wildman–Crippen LogP) is 2.47. The maximum atomic E-state index is 13.7. The highest BCUT2D eigenvalue weighted by Crippen LogP contribution is 2.33. The first-order valence-electron chi connectivity index (χ1n) is 12.7. The van der Waals surface area contributed by atoms with Gasteiger partial charge in [-0.1, -0.05) is 32.0 Å². The van der Waals surface area contributed by atoms with Crippen LogP contribution < -0.4 is 5.32 Å². The van der Waals surface area contributed by atoms with Crippen LogP contribution in [0.1, 0.15) is 46.7 Å². The van der Waals surface area contributed by atoms with Crippen LogP contribution in [0.15, 0.2) is 54.9 Å². The molecular weight excluding hydrogens is 540 g/mol. The van der Waals surface area contributed by atoms with E-state index < -0.39 is 51.5 Å². The van der Waals surface area contributed by atoms with Crippen molar-refractivity contribution in [1.29, 1.82) is 0 Å². The fourth-order valence-electron chi connectivity index (χ4n) is 5.30. The monoisotopic (exact) mass is 568 g/mol. The third-order valence-electron chi connectivity index (χ3n) is 7.06. The zero-order valence-electron chi connectivity index (χ0n) is 21.4. The van der Waals surface area contributed by atoms with Crippen molar-refractivity contribution in [3.05, 3.63) is 65.3 Å². The molecule has 5 rings (SSSR count). The van der Waals surface area contributed by atoms with Gasteiger partial charge in [-0.15, -0.1) is 11.3 Å². The fourth-order valence-corrected chi connectivity index (χ4v) is 7.77. The van der Waals surface area contributed by atoms with Gasteiger partial charge in [0.25, 0.3) is 21.0 Å². The van der Waals surface area contributed by atoms with Crippen molar-refractivity contribution in [3.8, 4) is 0 Å². The van der Waals surface area contributed by atoms with Crippen molar-refractivity contribution in [1.82, 2.24) is 19.5 Å². The summed E-state index contributed by atoms with van der Waals surface area (Å²) in [5, 5.41) is 2.65. The molecule has 3 unspecified atom stereocenters. The summed E-state index contributed by atoms with van der Waals surface area (Å²) in [4.78, 5) is 58.4. The maximum Gasteiger partial charge on any atom is 0.293 e. The van der Waals surface area contributed by atoms with Gasteiger partial charge in [0.15, 0.2) is 5.78 Å². The molecule has 0 radical (unpaired) electrons. The average Bonchev–Trinajstić information content (AvgIpc) is 3.63. The Hall–Kier alpha value is -3.48. The van der Waals surface area contributed by atoms with Crippen molar-refractivity contribution in [3.63, 3.8) is 0 Å². The number of Topliss-reactive ketones (excluding diaryl/α,β-unsaturated/α-hetero) is 1. The molecule has 4 heterocycles. The second kappa shape index (κ2) is 10.6. The topological polar surface area (TPSA) is 134 Å². The van der Waals surface area contributed by atoms with Gasteiger partial charge in [0.1, 0.15) is 12.1 Å². The number of nitrogens with one attached hydrogen (secondary N) is 1. The summed E-state index contributed by atoms with van der Waals surface area (Å²) >= 11 is 1.33. The van der Waals surface area contributed by atoms with Gasteiger partial charge in [0, 0.05) is 23.6 Å². The number of pyridine rings is 1. The molecule has 2 aromatic heterocycles. The van der Waals surface area contributed by atoms with Gasteiger partial charge in [0.05, 0.1) is 23.0 Å². The molecule has 204 valence electrons. The second-order valence-corrected chi connectivity index (χ2v) is 13.1. The number of amides is 2. The number of carbonyl (C=O) groups is 4. The van der Waals surface area contributed by atoms with Crippen molar-refractivity contribution >= 4 is 54.2 Å².